The van der Waals surface area contributed by atoms with Crippen molar-refractivity contribution in [3.8, 4) is 0 Å². The van der Waals surface area contributed by atoms with E-state index in [1.807, 2.05) is 17.7 Å². The lowest BCUT2D eigenvalue weighted by molar-refractivity contribution is 1.11. The van der Waals surface area contributed by atoms with Crippen LogP contribution in [0.2, 0.25) is 5.28 Å². The molecule has 2 aromatic rings. The number of rotatable bonds is 1. The van der Waals surface area contributed by atoms with E-state index in [4.69, 9.17) is 11.6 Å². The van der Waals surface area contributed by atoms with Crippen molar-refractivity contribution in [2.75, 3.05) is 6.26 Å². The maximum Gasteiger partial charge on any atom is 0.224 e. The van der Waals surface area contributed by atoms with Crippen LogP contribution in [0.4, 0.5) is 0 Å². The van der Waals surface area contributed by atoms with Crippen LogP contribution in [0.15, 0.2) is 16.5 Å². The van der Waals surface area contributed by atoms with E-state index in [0.717, 1.165) is 15.2 Å². The van der Waals surface area contributed by atoms with E-state index in [0.29, 0.717) is 5.28 Å². The molecule has 0 spiro atoms. The van der Waals surface area contributed by atoms with Gasteiger partial charge in [0.25, 0.3) is 0 Å². The number of hydrogen-bond acceptors (Lipinski definition) is 4. The largest absolute Gasteiger partial charge is 0.224 e. The Bertz CT molecular complexity index is 413. The molecule has 0 N–H and O–H groups in total. The Hall–Kier alpha value is -0.320. The highest BCUT2D eigenvalue weighted by Crippen LogP contribution is 2.27. The first kappa shape index (κ1) is 8.29. The third-order valence-electron chi connectivity index (χ3n) is 1.46. The van der Waals surface area contributed by atoms with Crippen molar-refractivity contribution in [3.05, 3.63) is 16.7 Å². The number of thiophene rings is 1. The Labute approximate surface area is 83.0 Å². The van der Waals surface area contributed by atoms with Crippen molar-refractivity contribution in [2.45, 2.75) is 5.03 Å². The van der Waals surface area contributed by atoms with Crippen molar-refractivity contribution in [1.29, 1.82) is 0 Å². The molecule has 2 heterocycles. The molecule has 0 radical (unpaired) electrons. The van der Waals surface area contributed by atoms with E-state index < -0.39 is 0 Å². The Morgan fingerprint density at radius 1 is 1.50 bits per heavy atom. The molecule has 0 aliphatic rings. The summed E-state index contributed by atoms with van der Waals surface area (Å²) in [6.45, 7) is 0. The van der Waals surface area contributed by atoms with Gasteiger partial charge < -0.3 is 0 Å². The monoisotopic (exact) mass is 216 g/mol. The van der Waals surface area contributed by atoms with Crippen LogP contribution in [-0.2, 0) is 0 Å². The molecule has 2 nitrogen and oxygen atoms in total. The predicted octanol–water partition coefficient (Wildman–Crippen LogP) is 3.07. The zero-order valence-corrected chi connectivity index (χ0v) is 8.63. The fraction of sp³-hybridized carbons (Fsp3) is 0.143. The summed E-state index contributed by atoms with van der Waals surface area (Å²) in [6.07, 6.45) is 1.98. The summed E-state index contributed by atoms with van der Waals surface area (Å²) in [4.78, 5) is 9.18. The van der Waals surface area contributed by atoms with Crippen molar-refractivity contribution < 1.29 is 0 Å². The number of nitrogens with zero attached hydrogens (tertiary/aromatic N) is 2. The number of halogens is 1. The topological polar surface area (TPSA) is 25.8 Å². The van der Waals surface area contributed by atoms with Crippen LogP contribution in [0, 0.1) is 0 Å². The van der Waals surface area contributed by atoms with Gasteiger partial charge in [0.15, 0.2) is 0 Å². The van der Waals surface area contributed by atoms with Crippen LogP contribution >= 0.6 is 34.7 Å². The van der Waals surface area contributed by atoms with E-state index in [1.165, 1.54) is 0 Å². The zero-order valence-electron chi connectivity index (χ0n) is 6.24. The predicted molar refractivity (Wildman–Crippen MR) is 54.2 cm³/mol. The fourth-order valence-electron chi connectivity index (χ4n) is 0.959. The van der Waals surface area contributed by atoms with Gasteiger partial charge in [0, 0.05) is 5.39 Å². The molecule has 0 aliphatic heterocycles. The Kier molecular flexibility index (Phi) is 2.21. The third kappa shape index (κ3) is 1.30. The first-order valence-corrected chi connectivity index (χ1v) is 5.74. The van der Waals surface area contributed by atoms with Gasteiger partial charge >= 0.3 is 0 Å². The number of thioether (sulfide) groups is 1. The summed E-state index contributed by atoms with van der Waals surface area (Å²) in [6, 6.07) is 2.02. The molecule has 0 bridgehead atoms. The molecular formula is C7H5ClN2S2. The van der Waals surface area contributed by atoms with Gasteiger partial charge in [-0.2, -0.15) is 0 Å². The highest BCUT2D eigenvalue weighted by molar-refractivity contribution is 7.98. The molecule has 0 aliphatic carbocycles. The summed E-state index contributed by atoms with van der Waals surface area (Å²) < 4.78 is 0. The van der Waals surface area contributed by atoms with Crippen molar-refractivity contribution in [3.63, 3.8) is 0 Å². The highest BCUT2D eigenvalue weighted by atomic mass is 35.5. The van der Waals surface area contributed by atoms with E-state index in [2.05, 4.69) is 9.97 Å². The van der Waals surface area contributed by atoms with E-state index >= 15 is 0 Å². The standard InChI is InChI=1S/C7H5ClN2S2/c1-11-5-4-2-3-12-6(4)10-7(8)9-5/h2-3H,1H3. The summed E-state index contributed by atoms with van der Waals surface area (Å²) in [5.74, 6) is 0. The molecule has 5 heteroatoms. The van der Waals surface area contributed by atoms with Crippen LogP contribution in [0.3, 0.4) is 0 Å². The molecule has 0 aromatic carbocycles. The SMILES string of the molecule is CSc1nc(Cl)nc2sccc12. The molecule has 62 valence electrons. The summed E-state index contributed by atoms with van der Waals surface area (Å²) in [5.41, 5.74) is 0. The first-order chi connectivity index (χ1) is 5.81. The summed E-state index contributed by atoms with van der Waals surface area (Å²) >= 11 is 8.90. The average Bonchev–Trinajstić information content (AvgIpc) is 2.50. The van der Waals surface area contributed by atoms with Crippen LogP contribution in [0.25, 0.3) is 10.2 Å². The average molecular weight is 217 g/mol. The van der Waals surface area contributed by atoms with E-state index in [9.17, 15) is 0 Å². The number of fused-ring (bicyclic) bond motifs is 1. The minimum absolute atomic E-state index is 0.328. The van der Waals surface area contributed by atoms with E-state index in [1.54, 1.807) is 23.1 Å². The van der Waals surface area contributed by atoms with Gasteiger partial charge in [-0.05, 0) is 29.3 Å². The van der Waals surface area contributed by atoms with Gasteiger partial charge in [-0.15, -0.1) is 23.1 Å². The second kappa shape index (κ2) is 3.20. The number of aromatic nitrogens is 2. The maximum atomic E-state index is 5.73. The minimum Gasteiger partial charge on any atom is -0.211 e. The van der Waals surface area contributed by atoms with Gasteiger partial charge in [0.1, 0.15) is 9.86 Å². The lowest BCUT2D eigenvalue weighted by Gasteiger charge is -1.96. The smallest absolute Gasteiger partial charge is 0.211 e. The first-order valence-electron chi connectivity index (χ1n) is 3.26. The Balaban J connectivity index is 2.80. The summed E-state index contributed by atoms with van der Waals surface area (Å²) in [7, 11) is 0. The fourth-order valence-corrected chi connectivity index (χ4v) is 2.62. The van der Waals surface area contributed by atoms with Crippen LogP contribution in [0.5, 0.6) is 0 Å². The minimum atomic E-state index is 0.328. The van der Waals surface area contributed by atoms with Crippen molar-refractivity contribution in [1.82, 2.24) is 9.97 Å². The molecule has 12 heavy (non-hydrogen) atoms. The molecule has 0 saturated carbocycles. The van der Waals surface area contributed by atoms with Crippen LogP contribution in [0.1, 0.15) is 0 Å². The van der Waals surface area contributed by atoms with Gasteiger partial charge in [0.2, 0.25) is 5.28 Å². The van der Waals surface area contributed by atoms with Crippen LogP contribution in [-0.4, -0.2) is 16.2 Å². The number of hydrogen-bond donors (Lipinski definition) is 0. The highest BCUT2D eigenvalue weighted by Gasteiger charge is 2.05. The molecule has 2 rings (SSSR count). The second-order valence-electron chi connectivity index (χ2n) is 2.14. The maximum absolute atomic E-state index is 5.73. The molecule has 0 fully saturated rings. The quantitative estimate of drug-likeness (QED) is 0.416. The normalized spacial score (nSPS) is 10.8. The molecule has 0 saturated heterocycles. The van der Waals surface area contributed by atoms with Gasteiger partial charge in [-0.3, -0.25) is 0 Å². The molecule has 2 aromatic heterocycles. The Morgan fingerprint density at radius 3 is 3.08 bits per heavy atom. The van der Waals surface area contributed by atoms with Crippen molar-refractivity contribution in [2.24, 2.45) is 0 Å². The lowest BCUT2D eigenvalue weighted by atomic mass is 10.4. The van der Waals surface area contributed by atoms with Crippen LogP contribution < -0.4 is 0 Å². The van der Waals surface area contributed by atoms with E-state index in [-0.39, 0.29) is 0 Å². The van der Waals surface area contributed by atoms with Gasteiger partial charge in [0.05, 0.1) is 0 Å². The third-order valence-corrected chi connectivity index (χ3v) is 3.13. The van der Waals surface area contributed by atoms with Gasteiger partial charge in [-0.25, -0.2) is 9.97 Å². The molecule has 0 atom stereocenters. The van der Waals surface area contributed by atoms with Crippen molar-refractivity contribution >= 4 is 44.9 Å². The lowest BCUT2D eigenvalue weighted by Crippen LogP contribution is -1.84. The molecular weight excluding hydrogens is 212 g/mol. The summed E-state index contributed by atoms with van der Waals surface area (Å²) in [5, 5.41) is 4.37. The van der Waals surface area contributed by atoms with Gasteiger partial charge in [-0.1, -0.05) is 0 Å². The Morgan fingerprint density at radius 2 is 2.33 bits per heavy atom. The molecule has 0 unspecified atom stereocenters. The zero-order chi connectivity index (χ0) is 8.55. The second-order valence-corrected chi connectivity index (χ2v) is 4.17. The molecule has 0 amide bonds.